The van der Waals surface area contributed by atoms with Gasteiger partial charge < -0.3 is 9.84 Å². The molecule has 0 aliphatic carbocycles. The minimum absolute atomic E-state index is 0.182. The number of carboxylic acids is 1. The zero-order valence-corrected chi connectivity index (χ0v) is 11.2. The van der Waals surface area contributed by atoms with Crippen molar-refractivity contribution in [2.75, 3.05) is 32.8 Å². The van der Waals surface area contributed by atoms with Crippen molar-refractivity contribution in [3.05, 3.63) is 0 Å². The Bertz CT molecular complexity index is 255. The van der Waals surface area contributed by atoms with Crippen molar-refractivity contribution < 1.29 is 14.6 Å². The molecule has 1 atom stereocenters. The van der Waals surface area contributed by atoms with E-state index in [1.54, 1.807) is 0 Å². The van der Waals surface area contributed by atoms with E-state index in [9.17, 15) is 9.90 Å². The predicted molar refractivity (Wildman–Crippen MR) is 67.1 cm³/mol. The van der Waals surface area contributed by atoms with E-state index in [0.29, 0.717) is 13.2 Å². The standard InChI is InChI=1S/C13H25NO3/c1-4-8-17-9-7-14-6-5-13(10-14,11(2)3)12(15)16/h11H,4-10H2,1-3H3,(H,15,16). The van der Waals surface area contributed by atoms with Gasteiger partial charge in [-0.25, -0.2) is 0 Å². The van der Waals surface area contributed by atoms with Gasteiger partial charge in [0.15, 0.2) is 0 Å². The fourth-order valence-electron chi connectivity index (χ4n) is 2.44. The third-order valence-corrected chi connectivity index (χ3v) is 3.81. The molecule has 4 nitrogen and oxygen atoms in total. The van der Waals surface area contributed by atoms with E-state index in [1.807, 2.05) is 13.8 Å². The van der Waals surface area contributed by atoms with Crippen molar-refractivity contribution in [3.8, 4) is 0 Å². The first-order chi connectivity index (χ1) is 8.03. The fourth-order valence-corrected chi connectivity index (χ4v) is 2.44. The largest absolute Gasteiger partial charge is 0.481 e. The Hall–Kier alpha value is -0.610. The van der Waals surface area contributed by atoms with Crippen LogP contribution in [0.25, 0.3) is 0 Å². The minimum atomic E-state index is -0.649. The molecule has 0 aromatic carbocycles. The Labute approximate surface area is 104 Å². The maximum absolute atomic E-state index is 11.4. The molecule has 1 saturated heterocycles. The van der Waals surface area contributed by atoms with Gasteiger partial charge in [-0.05, 0) is 25.3 Å². The Morgan fingerprint density at radius 3 is 2.65 bits per heavy atom. The Morgan fingerprint density at radius 1 is 1.47 bits per heavy atom. The predicted octanol–water partition coefficient (Wildman–Crippen LogP) is 1.85. The minimum Gasteiger partial charge on any atom is -0.481 e. The van der Waals surface area contributed by atoms with Crippen LogP contribution in [-0.2, 0) is 9.53 Å². The first kappa shape index (κ1) is 14.5. The summed E-state index contributed by atoms with van der Waals surface area (Å²) in [6, 6.07) is 0. The summed E-state index contributed by atoms with van der Waals surface area (Å²) in [7, 11) is 0. The van der Waals surface area contributed by atoms with Crippen LogP contribution in [0.2, 0.25) is 0 Å². The van der Waals surface area contributed by atoms with Gasteiger partial charge in [0.25, 0.3) is 0 Å². The van der Waals surface area contributed by atoms with E-state index in [2.05, 4.69) is 11.8 Å². The molecule has 0 saturated carbocycles. The van der Waals surface area contributed by atoms with Crippen molar-refractivity contribution in [1.82, 2.24) is 4.90 Å². The lowest BCUT2D eigenvalue weighted by Crippen LogP contribution is -2.39. The maximum Gasteiger partial charge on any atom is 0.311 e. The smallest absolute Gasteiger partial charge is 0.311 e. The molecule has 1 N–H and O–H groups in total. The molecule has 1 aliphatic heterocycles. The molecule has 1 fully saturated rings. The molecular weight excluding hydrogens is 218 g/mol. The summed E-state index contributed by atoms with van der Waals surface area (Å²) in [5.74, 6) is -0.467. The number of ether oxygens (including phenoxy) is 1. The van der Waals surface area contributed by atoms with E-state index in [4.69, 9.17) is 4.74 Å². The van der Waals surface area contributed by atoms with Crippen molar-refractivity contribution in [2.24, 2.45) is 11.3 Å². The molecule has 0 aromatic rings. The number of likely N-dealkylation sites (tertiary alicyclic amines) is 1. The second-order valence-corrected chi connectivity index (χ2v) is 5.25. The van der Waals surface area contributed by atoms with Crippen LogP contribution in [0.5, 0.6) is 0 Å². The number of hydrogen-bond donors (Lipinski definition) is 1. The van der Waals surface area contributed by atoms with Crippen molar-refractivity contribution in [3.63, 3.8) is 0 Å². The highest BCUT2D eigenvalue weighted by atomic mass is 16.5. The van der Waals surface area contributed by atoms with Gasteiger partial charge in [-0.2, -0.15) is 0 Å². The molecule has 0 amide bonds. The monoisotopic (exact) mass is 243 g/mol. The maximum atomic E-state index is 11.4. The summed E-state index contributed by atoms with van der Waals surface area (Å²) in [5, 5.41) is 9.40. The topological polar surface area (TPSA) is 49.8 Å². The van der Waals surface area contributed by atoms with Crippen LogP contribution < -0.4 is 0 Å². The normalized spacial score (nSPS) is 25.6. The lowest BCUT2D eigenvalue weighted by molar-refractivity contribution is -0.151. The molecule has 4 heteroatoms. The van der Waals surface area contributed by atoms with E-state index in [-0.39, 0.29) is 5.92 Å². The Morgan fingerprint density at radius 2 is 2.18 bits per heavy atom. The van der Waals surface area contributed by atoms with Crippen LogP contribution in [0.15, 0.2) is 0 Å². The Balaban J connectivity index is 2.41. The fraction of sp³-hybridized carbons (Fsp3) is 0.923. The first-order valence-corrected chi connectivity index (χ1v) is 6.56. The lowest BCUT2D eigenvalue weighted by Gasteiger charge is -2.28. The first-order valence-electron chi connectivity index (χ1n) is 6.56. The highest BCUT2D eigenvalue weighted by Crippen LogP contribution is 2.37. The summed E-state index contributed by atoms with van der Waals surface area (Å²) < 4.78 is 5.44. The summed E-state index contributed by atoms with van der Waals surface area (Å²) >= 11 is 0. The molecule has 1 rings (SSSR count). The number of hydrogen-bond acceptors (Lipinski definition) is 3. The quantitative estimate of drug-likeness (QED) is 0.693. The van der Waals surface area contributed by atoms with Crippen molar-refractivity contribution in [1.29, 1.82) is 0 Å². The van der Waals surface area contributed by atoms with Gasteiger partial charge in [0.2, 0.25) is 0 Å². The number of aliphatic carboxylic acids is 1. The van der Waals surface area contributed by atoms with Crippen molar-refractivity contribution in [2.45, 2.75) is 33.6 Å². The summed E-state index contributed by atoms with van der Waals surface area (Å²) in [5.41, 5.74) is -0.551. The van der Waals surface area contributed by atoms with Gasteiger partial charge in [0.1, 0.15) is 0 Å². The van der Waals surface area contributed by atoms with E-state index in [1.165, 1.54) is 0 Å². The third kappa shape index (κ3) is 3.42. The highest BCUT2D eigenvalue weighted by molar-refractivity contribution is 5.75. The van der Waals surface area contributed by atoms with Gasteiger partial charge in [-0.15, -0.1) is 0 Å². The number of carbonyl (C=O) groups is 1. The number of carboxylic acid groups (broad SMARTS) is 1. The summed E-state index contributed by atoms with van der Waals surface area (Å²) in [6.07, 6.45) is 1.79. The van der Waals surface area contributed by atoms with Crippen LogP contribution in [0.1, 0.15) is 33.6 Å². The molecule has 100 valence electrons. The summed E-state index contributed by atoms with van der Waals surface area (Å²) in [4.78, 5) is 13.6. The Kier molecular flexibility index (Phi) is 5.40. The highest BCUT2D eigenvalue weighted by Gasteiger charge is 2.46. The molecule has 0 spiro atoms. The van der Waals surface area contributed by atoms with Gasteiger partial charge in [-0.3, -0.25) is 9.69 Å². The van der Waals surface area contributed by atoms with Crippen LogP contribution in [0.4, 0.5) is 0 Å². The van der Waals surface area contributed by atoms with E-state index in [0.717, 1.165) is 32.5 Å². The second kappa shape index (κ2) is 6.36. The SMILES string of the molecule is CCCOCCN1CCC(C(=O)O)(C(C)C)C1. The molecule has 0 radical (unpaired) electrons. The third-order valence-electron chi connectivity index (χ3n) is 3.81. The van der Waals surface area contributed by atoms with Crippen molar-refractivity contribution >= 4 is 5.97 Å². The van der Waals surface area contributed by atoms with Crippen LogP contribution in [-0.4, -0.2) is 48.8 Å². The molecule has 0 bridgehead atoms. The zero-order valence-electron chi connectivity index (χ0n) is 11.2. The van der Waals surface area contributed by atoms with Gasteiger partial charge in [0, 0.05) is 19.7 Å². The van der Waals surface area contributed by atoms with E-state index >= 15 is 0 Å². The number of nitrogens with zero attached hydrogens (tertiary/aromatic N) is 1. The number of rotatable bonds is 7. The molecule has 0 aromatic heterocycles. The average Bonchev–Trinajstić information content (AvgIpc) is 2.70. The van der Waals surface area contributed by atoms with Gasteiger partial charge in [-0.1, -0.05) is 20.8 Å². The molecule has 17 heavy (non-hydrogen) atoms. The molecule has 1 unspecified atom stereocenters. The van der Waals surface area contributed by atoms with Crippen LogP contribution >= 0.6 is 0 Å². The van der Waals surface area contributed by atoms with Crippen LogP contribution in [0.3, 0.4) is 0 Å². The van der Waals surface area contributed by atoms with Crippen LogP contribution in [0, 0.1) is 11.3 Å². The van der Waals surface area contributed by atoms with Gasteiger partial charge in [0.05, 0.1) is 12.0 Å². The van der Waals surface area contributed by atoms with E-state index < -0.39 is 11.4 Å². The lowest BCUT2D eigenvalue weighted by atomic mass is 9.76. The average molecular weight is 243 g/mol. The summed E-state index contributed by atoms with van der Waals surface area (Å²) in [6.45, 7) is 9.99. The second-order valence-electron chi connectivity index (χ2n) is 5.25. The molecular formula is C13H25NO3. The van der Waals surface area contributed by atoms with Gasteiger partial charge >= 0.3 is 5.97 Å². The molecule has 1 aliphatic rings. The molecule has 1 heterocycles. The zero-order chi connectivity index (χ0) is 12.9.